The van der Waals surface area contributed by atoms with Crippen LogP contribution >= 0.6 is 11.6 Å². The van der Waals surface area contributed by atoms with Crippen LogP contribution in [0.1, 0.15) is 53.4 Å². The van der Waals surface area contributed by atoms with E-state index >= 15 is 0 Å². The summed E-state index contributed by atoms with van der Waals surface area (Å²) in [6.07, 6.45) is 4.31. The molecule has 0 saturated heterocycles. The highest BCUT2D eigenvalue weighted by molar-refractivity contribution is 6.20. The van der Waals surface area contributed by atoms with Gasteiger partial charge in [-0.1, -0.05) is 27.7 Å². The maximum absolute atomic E-state index is 6.39. The van der Waals surface area contributed by atoms with Gasteiger partial charge in [0.05, 0.1) is 5.60 Å². The molecule has 0 saturated carbocycles. The molecule has 0 aromatic carbocycles. The Bertz CT molecular complexity index is 140. The smallest absolute Gasteiger partial charge is 0.146 e. The van der Waals surface area contributed by atoms with Crippen molar-refractivity contribution < 1.29 is 4.43 Å². The maximum atomic E-state index is 6.39. The summed E-state index contributed by atoms with van der Waals surface area (Å²) in [7, 11) is 0.808. The summed E-state index contributed by atoms with van der Waals surface area (Å²) in [6, 6.07) is 0. The minimum atomic E-state index is 0.0450. The highest BCUT2D eigenvalue weighted by atomic mass is 35.5. The van der Waals surface area contributed by atoms with E-state index in [0.717, 1.165) is 36.2 Å². The van der Waals surface area contributed by atoms with E-state index in [-0.39, 0.29) is 11.0 Å². The van der Waals surface area contributed by atoms with E-state index in [1.807, 2.05) is 0 Å². The third kappa shape index (κ3) is 2.98. The van der Waals surface area contributed by atoms with Gasteiger partial charge in [0.1, 0.15) is 10.5 Å². The molecule has 1 nitrogen and oxygen atoms in total. The van der Waals surface area contributed by atoms with E-state index in [9.17, 15) is 0 Å². The molecular weight excluding hydrogens is 212 g/mol. The highest BCUT2D eigenvalue weighted by Gasteiger charge is 2.37. The van der Waals surface area contributed by atoms with E-state index in [0.29, 0.717) is 5.92 Å². The third-order valence-corrected chi connectivity index (χ3v) is 4.97. The molecule has 0 aliphatic heterocycles. The van der Waals surface area contributed by atoms with Crippen molar-refractivity contribution in [1.29, 1.82) is 0 Å². The lowest BCUT2D eigenvalue weighted by molar-refractivity contribution is 0.00304. The zero-order valence-corrected chi connectivity index (χ0v) is 13.0. The lowest BCUT2D eigenvalue weighted by atomic mass is 9.78. The molecule has 86 valence electrons. The van der Waals surface area contributed by atoms with Crippen LogP contribution in [0, 0.1) is 5.92 Å². The second-order valence-electron chi connectivity index (χ2n) is 3.91. The Morgan fingerprint density at radius 1 is 1.14 bits per heavy atom. The molecule has 0 fully saturated rings. The number of hydrogen-bond donors (Lipinski definition) is 0. The van der Waals surface area contributed by atoms with Gasteiger partial charge in [-0.05, 0) is 25.7 Å². The fourth-order valence-corrected chi connectivity index (χ4v) is 3.74. The first kappa shape index (κ1) is 14.5. The Morgan fingerprint density at radius 3 is 1.86 bits per heavy atom. The van der Waals surface area contributed by atoms with Crippen LogP contribution in [-0.4, -0.2) is 21.5 Å². The Labute approximate surface area is 97.1 Å². The van der Waals surface area contributed by atoms with Crippen LogP contribution in [0.4, 0.5) is 0 Å². The lowest BCUT2D eigenvalue weighted by Gasteiger charge is -2.41. The molecular formula is C11H25ClOSi. The summed E-state index contributed by atoms with van der Waals surface area (Å²) in [5, 5.41) is 0.258. The van der Waals surface area contributed by atoms with Gasteiger partial charge in [-0.2, -0.15) is 0 Å². The Balaban J connectivity index is 4.73. The van der Waals surface area contributed by atoms with Gasteiger partial charge in [0.25, 0.3) is 0 Å². The van der Waals surface area contributed by atoms with Gasteiger partial charge < -0.3 is 4.43 Å². The van der Waals surface area contributed by atoms with Gasteiger partial charge >= 0.3 is 0 Å². The van der Waals surface area contributed by atoms with E-state index in [4.69, 9.17) is 16.0 Å². The van der Waals surface area contributed by atoms with Crippen molar-refractivity contribution in [3.63, 3.8) is 0 Å². The number of halogens is 1. The molecule has 0 aromatic rings. The van der Waals surface area contributed by atoms with Crippen LogP contribution in [-0.2, 0) is 4.43 Å². The average Bonchev–Trinajstić information content (AvgIpc) is 2.25. The molecule has 0 N–H and O–H groups in total. The van der Waals surface area contributed by atoms with Crippen molar-refractivity contribution in [2.24, 2.45) is 5.92 Å². The molecule has 2 atom stereocenters. The molecule has 0 amide bonds. The summed E-state index contributed by atoms with van der Waals surface area (Å²) >= 11 is 6.39. The van der Waals surface area contributed by atoms with Crippen LogP contribution in [0.2, 0.25) is 0 Å². The summed E-state index contributed by atoms with van der Waals surface area (Å²) in [5.41, 5.74) is 0.0450. The topological polar surface area (TPSA) is 9.23 Å². The Hall–Kier alpha value is 0.467. The maximum Gasteiger partial charge on any atom is 0.146 e. The predicted octanol–water partition coefficient (Wildman–Crippen LogP) is 2.89. The molecule has 0 bridgehead atoms. The monoisotopic (exact) mass is 236 g/mol. The first-order valence-electron chi connectivity index (χ1n) is 5.80. The second-order valence-corrected chi connectivity index (χ2v) is 4.88. The molecule has 0 spiro atoms. The van der Waals surface area contributed by atoms with E-state index in [2.05, 4.69) is 27.7 Å². The Morgan fingerprint density at radius 2 is 1.64 bits per heavy atom. The average molecular weight is 237 g/mol. The molecule has 0 aromatic heterocycles. The van der Waals surface area contributed by atoms with Crippen LogP contribution in [0.15, 0.2) is 0 Å². The van der Waals surface area contributed by atoms with Crippen molar-refractivity contribution in [2.45, 2.75) is 64.4 Å². The summed E-state index contributed by atoms with van der Waals surface area (Å²) in [5.74, 6) is 0.502. The quantitative estimate of drug-likeness (QED) is 0.488. The first-order chi connectivity index (χ1) is 6.61. The second kappa shape index (κ2) is 6.86. The molecule has 0 aliphatic carbocycles. The van der Waals surface area contributed by atoms with E-state index < -0.39 is 0 Å². The molecule has 14 heavy (non-hydrogen) atoms. The van der Waals surface area contributed by atoms with Crippen molar-refractivity contribution in [2.75, 3.05) is 0 Å². The minimum absolute atomic E-state index is 0.0450. The fourth-order valence-electron chi connectivity index (χ4n) is 2.46. The minimum Gasteiger partial charge on any atom is -0.422 e. The first-order valence-corrected chi connectivity index (χ1v) is 7.06. The number of rotatable bonds is 7. The van der Waals surface area contributed by atoms with E-state index in [1.165, 1.54) is 0 Å². The van der Waals surface area contributed by atoms with Crippen LogP contribution in [0.5, 0.6) is 0 Å². The van der Waals surface area contributed by atoms with Gasteiger partial charge in [-0.15, -0.1) is 11.6 Å². The summed E-state index contributed by atoms with van der Waals surface area (Å²) < 4.78 is 5.87. The van der Waals surface area contributed by atoms with Crippen molar-refractivity contribution in [3.8, 4) is 0 Å². The predicted molar refractivity (Wildman–Crippen MR) is 68.1 cm³/mol. The largest absolute Gasteiger partial charge is 0.422 e. The van der Waals surface area contributed by atoms with E-state index in [1.54, 1.807) is 0 Å². The van der Waals surface area contributed by atoms with Crippen LogP contribution in [0.3, 0.4) is 0 Å². The zero-order chi connectivity index (χ0) is 11.2. The van der Waals surface area contributed by atoms with Crippen LogP contribution in [0.25, 0.3) is 0 Å². The number of alkyl halides is 1. The molecule has 0 aliphatic rings. The lowest BCUT2D eigenvalue weighted by Crippen LogP contribution is -2.43. The van der Waals surface area contributed by atoms with Gasteiger partial charge in [0.15, 0.2) is 0 Å². The fraction of sp³-hybridized carbons (Fsp3) is 1.00. The summed E-state index contributed by atoms with van der Waals surface area (Å²) in [6.45, 7) is 8.80. The SMILES string of the molecule is CCC(Cl)C(CC)C(CC)(CC)O[SiH3]. The highest BCUT2D eigenvalue weighted by Crippen LogP contribution is 2.36. The molecule has 2 unspecified atom stereocenters. The normalized spacial score (nSPS) is 16.9. The molecule has 3 heteroatoms. The Kier molecular flexibility index (Phi) is 7.09. The van der Waals surface area contributed by atoms with Gasteiger partial charge in [-0.3, -0.25) is 0 Å². The standard InChI is InChI=1S/C11H25ClOSi/c1-5-9(10(12)6-2)11(7-3,8-4)13-14/h9-10H,5-8H2,1-4,14H3. The molecule has 0 heterocycles. The summed E-state index contributed by atoms with van der Waals surface area (Å²) in [4.78, 5) is 0. The third-order valence-electron chi connectivity index (χ3n) is 3.55. The van der Waals surface area contributed by atoms with Gasteiger partial charge in [0.2, 0.25) is 0 Å². The van der Waals surface area contributed by atoms with Crippen molar-refractivity contribution >= 4 is 22.1 Å². The van der Waals surface area contributed by atoms with Crippen LogP contribution < -0.4 is 0 Å². The van der Waals surface area contributed by atoms with Gasteiger partial charge in [0, 0.05) is 11.3 Å². The molecule has 0 radical (unpaired) electrons. The zero-order valence-electron chi connectivity index (χ0n) is 10.3. The van der Waals surface area contributed by atoms with Crippen molar-refractivity contribution in [1.82, 2.24) is 0 Å². The molecule has 0 rings (SSSR count). The number of hydrogen-bond acceptors (Lipinski definition) is 1. The van der Waals surface area contributed by atoms with Gasteiger partial charge in [-0.25, -0.2) is 0 Å². The van der Waals surface area contributed by atoms with Crippen molar-refractivity contribution in [3.05, 3.63) is 0 Å².